The van der Waals surface area contributed by atoms with E-state index in [0.717, 1.165) is 0 Å². The molecular weight excluding hydrogens is 193 g/mol. The predicted molar refractivity (Wildman–Crippen MR) is 52.4 cm³/mol. The molecule has 5 heteroatoms. The van der Waals surface area contributed by atoms with Crippen LogP contribution in [0.15, 0.2) is 0 Å². The van der Waals surface area contributed by atoms with Crippen molar-refractivity contribution in [2.75, 3.05) is 6.16 Å². The molecule has 0 saturated carbocycles. The highest BCUT2D eigenvalue weighted by molar-refractivity contribution is 8.09. The van der Waals surface area contributed by atoms with E-state index < -0.39 is 12.6 Å². The van der Waals surface area contributed by atoms with E-state index in [0.29, 0.717) is 6.16 Å². The summed E-state index contributed by atoms with van der Waals surface area (Å²) in [7, 11) is 0. The lowest BCUT2D eigenvalue weighted by Crippen LogP contribution is -2.16. The summed E-state index contributed by atoms with van der Waals surface area (Å²) >= 11 is 4.80. The lowest BCUT2D eigenvalue weighted by Gasteiger charge is -2.20. The minimum absolute atomic E-state index is 0.0658. The molecule has 0 aromatic carbocycles. The Balaban J connectivity index is 4.24. The molecule has 70 valence electrons. The molecule has 2 unspecified atom stereocenters. The molecule has 0 heterocycles. The molecule has 0 aliphatic heterocycles. The first kappa shape index (κ1) is 12.1. The lowest BCUT2D eigenvalue weighted by atomic mass is 10.1. The molecule has 2 atom stereocenters. The Morgan fingerprint density at radius 2 is 2.17 bits per heavy atom. The third-order valence-electron chi connectivity index (χ3n) is 1.41. The first-order chi connectivity index (χ1) is 5.43. The van der Waals surface area contributed by atoms with Gasteiger partial charge in [0, 0.05) is 6.16 Å². The summed E-state index contributed by atoms with van der Waals surface area (Å²) in [5.41, 5.74) is 0. The van der Waals surface area contributed by atoms with Crippen LogP contribution in [-0.4, -0.2) is 17.2 Å². The molecule has 0 aliphatic carbocycles. The Morgan fingerprint density at radius 1 is 1.67 bits per heavy atom. The molecule has 0 radical (unpaired) electrons. The van der Waals surface area contributed by atoms with Crippen molar-refractivity contribution in [3.8, 4) is 6.07 Å². The largest absolute Gasteiger partial charge is 0.345 e. The zero-order valence-corrected chi connectivity index (χ0v) is 9.23. The second kappa shape index (κ2) is 4.94. The molecule has 0 spiro atoms. The van der Waals surface area contributed by atoms with Crippen LogP contribution in [-0.2, 0) is 16.3 Å². The Morgan fingerprint density at radius 3 is 2.42 bits per heavy atom. The topological polar surface area (TPSA) is 53.2 Å². The molecule has 0 aromatic rings. The maximum Gasteiger partial charge on any atom is 0.187 e. The van der Waals surface area contributed by atoms with E-state index in [2.05, 4.69) is 0 Å². The summed E-state index contributed by atoms with van der Waals surface area (Å²) in [6.45, 7) is 2.79. The standard InChI is InChI=1S/C7H14NO2PS/c1-4-11(9,12)10-7(5-8)6(2)3/h6-7H,4H2,1-3H3,(H,9,12). The third-order valence-corrected chi connectivity index (χ3v) is 3.80. The number of hydrogen-bond acceptors (Lipinski definition) is 3. The summed E-state index contributed by atoms with van der Waals surface area (Å²) in [6.07, 6.45) is -0.173. The monoisotopic (exact) mass is 207 g/mol. The Kier molecular flexibility index (Phi) is 4.96. The van der Waals surface area contributed by atoms with E-state index in [-0.39, 0.29) is 5.92 Å². The summed E-state index contributed by atoms with van der Waals surface area (Å²) in [5.74, 6) is 0.0658. The third kappa shape index (κ3) is 4.18. The van der Waals surface area contributed by atoms with Gasteiger partial charge in [-0.25, -0.2) is 0 Å². The van der Waals surface area contributed by atoms with Gasteiger partial charge < -0.3 is 9.42 Å². The molecule has 0 fully saturated rings. The van der Waals surface area contributed by atoms with Crippen LogP contribution in [0.3, 0.4) is 0 Å². The molecule has 0 aromatic heterocycles. The van der Waals surface area contributed by atoms with Crippen LogP contribution in [0.4, 0.5) is 0 Å². The smallest absolute Gasteiger partial charge is 0.187 e. The quantitative estimate of drug-likeness (QED) is 0.715. The molecule has 0 saturated heterocycles. The summed E-state index contributed by atoms with van der Waals surface area (Å²) < 4.78 is 5.12. The fourth-order valence-corrected chi connectivity index (χ4v) is 1.62. The normalized spacial score (nSPS) is 18.3. The van der Waals surface area contributed by atoms with Gasteiger partial charge in [-0.05, 0) is 17.7 Å². The average molecular weight is 207 g/mol. The Hall–Kier alpha value is 0.0600. The first-order valence-corrected chi connectivity index (χ1v) is 6.68. The Bertz CT molecular complexity index is 224. The van der Waals surface area contributed by atoms with Crippen molar-refractivity contribution in [2.24, 2.45) is 5.92 Å². The second-order valence-electron chi connectivity index (χ2n) is 2.85. The van der Waals surface area contributed by atoms with Crippen LogP contribution in [0, 0.1) is 17.2 Å². The van der Waals surface area contributed by atoms with E-state index in [1.807, 2.05) is 19.9 Å². The fourth-order valence-electron chi connectivity index (χ4n) is 0.546. The molecule has 0 rings (SSSR count). The van der Waals surface area contributed by atoms with Crippen LogP contribution in [0.2, 0.25) is 0 Å². The number of nitriles is 1. The van der Waals surface area contributed by atoms with Crippen molar-refractivity contribution in [1.82, 2.24) is 0 Å². The predicted octanol–water partition coefficient (Wildman–Crippen LogP) is 1.87. The molecule has 0 bridgehead atoms. The van der Waals surface area contributed by atoms with Gasteiger partial charge in [0.2, 0.25) is 0 Å². The fraction of sp³-hybridized carbons (Fsp3) is 0.857. The maximum absolute atomic E-state index is 9.43. The van der Waals surface area contributed by atoms with Crippen LogP contribution in [0.5, 0.6) is 0 Å². The van der Waals surface area contributed by atoms with Crippen molar-refractivity contribution >= 4 is 18.3 Å². The first-order valence-electron chi connectivity index (χ1n) is 3.82. The van der Waals surface area contributed by atoms with Crippen molar-refractivity contribution in [3.63, 3.8) is 0 Å². The molecule has 12 heavy (non-hydrogen) atoms. The van der Waals surface area contributed by atoms with Crippen molar-refractivity contribution in [1.29, 1.82) is 5.26 Å². The van der Waals surface area contributed by atoms with Gasteiger partial charge in [-0.2, -0.15) is 5.26 Å². The van der Waals surface area contributed by atoms with Crippen molar-refractivity contribution < 1.29 is 9.42 Å². The molecule has 0 amide bonds. The van der Waals surface area contributed by atoms with Gasteiger partial charge in [0.05, 0.1) is 6.07 Å². The van der Waals surface area contributed by atoms with Crippen molar-refractivity contribution in [2.45, 2.75) is 26.9 Å². The van der Waals surface area contributed by atoms with Crippen LogP contribution < -0.4 is 0 Å². The number of rotatable bonds is 4. The van der Waals surface area contributed by atoms with E-state index in [1.165, 1.54) is 0 Å². The number of nitrogens with zero attached hydrogens (tertiary/aromatic N) is 1. The summed E-state index contributed by atoms with van der Waals surface area (Å²) in [6, 6.07) is 1.97. The molecular formula is C7H14NO2PS. The highest BCUT2D eigenvalue weighted by atomic mass is 32.5. The van der Waals surface area contributed by atoms with Crippen LogP contribution in [0.25, 0.3) is 0 Å². The minimum atomic E-state index is -2.69. The minimum Gasteiger partial charge on any atom is -0.345 e. The lowest BCUT2D eigenvalue weighted by molar-refractivity contribution is 0.203. The SMILES string of the molecule is CCP(O)(=S)OC(C#N)C(C)C. The van der Waals surface area contributed by atoms with E-state index in [9.17, 15) is 4.89 Å². The van der Waals surface area contributed by atoms with Gasteiger partial charge in [0.15, 0.2) is 12.6 Å². The van der Waals surface area contributed by atoms with Gasteiger partial charge in [-0.1, -0.05) is 20.8 Å². The highest BCUT2D eigenvalue weighted by Gasteiger charge is 2.20. The molecule has 1 N–H and O–H groups in total. The Labute approximate surface area is 78.5 Å². The molecule has 0 aliphatic rings. The van der Waals surface area contributed by atoms with Crippen LogP contribution in [0.1, 0.15) is 20.8 Å². The molecule has 3 nitrogen and oxygen atoms in total. The van der Waals surface area contributed by atoms with E-state index in [4.69, 9.17) is 21.6 Å². The highest BCUT2D eigenvalue weighted by Crippen LogP contribution is 2.43. The maximum atomic E-state index is 9.43. The van der Waals surface area contributed by atoms with Gasteiger partial charge in [-0.15, -0.1) is 0 Å². The van der Waals surface area contributed by atoms with Crippen molar-refractivity contribution in [3.05, 3.63) is 0 Å². The zero-order valence-electron chi connectivity index (χ0n) is 7.52. The summed E-state index contributed by atoms with van der Waals surface area (Å²) in [4.78, 5) is 9.43. The van der Waals surface area contributed by atoms with Gasteiger partial charge in [-0.3, -0.25) is 0 Å². The zero-order chi connectivity index (χ0) is 9.78. The van der Waals surface area contributed by atoms with E-state index >= 15 is 0 Å². The van der Waals surface area contributed by atoms with Crippen LogP contribution >= 0.6 is 6.49 Å². The van der Waals surface area contributed by atoms with Gasteiger partial charge >= 0.3 is 0 Å². The van der Waals surface area contributed by atoms with Gasteiger partial charge in [0.25, 0.3) is 0 Å². The summed E-state index contributed by atoms with van der Waals surface area (Å²) in [5, 5.41) is 8.64. The number of hydrogen-bond donors (Lipinski definition) is 1. The van der Waals surface area contributed by atoms with E-state index in [1.54, 1.807) is 6.92 Å². The second-order valence-corrected chi connectivity index (χ2v) is 6.68. The average Bonchev–Trinajstić information content (AvgIpc) is 2.00. The van der Waals surface area contributed by atoms with Gasteiger partial charge in [0.1, 0.15) is 0 Å².